The van der Waals surface area contributed by atoms with E-state index in [2.05, 4.69) is 10.6 Å². The summed E-state index contributed by atoms with van der Waals surface area (Å²) in [4.78, 5) is 24.9. The number of carbonyl (C=O) groups is 2. The Labute approximate surface area is 140 Å². The van der Waals surface area contributed by atoms with Crippen LogP contribution in [-0.2, 0) is 9.59 Å². The molecule has 0 bridgehead atoms. The van der Waals surface area contributed by atoms with Crippen molar-refractivity contribution >= 4 is 34.8 Å². The molecule has 2 aromatic rings. The summed E-state index contributed by atoms with van der Waals surface area (Å²) in [5.41, 5.74) is 0.956. The Morgan fingerprint density at radius 2 is 1.61 bits per heavy atom. The first kappa shape index (κ1) is 17.0. The van der Waals surface area contributed by atoms with Crippen molar-refractivity contribution in [3.05, 3.63) is 59.1 Å². The fourth-order valence-corrected chi connectivity index (χ4v) is 2.14. The maximum Gasteiger partial charge on any atom is 0.239 e. The van der Waals surface area contributed by atoms with E-state index < -0.39 is 11.3 Å². The molecule has 23 heavy (non-hydrogen) atoms. The number of carbonyl (C=O) groups excluding carboxylic acids is 2. The molecule has 4 nitrogen and oxygen atoms in total. The van der Waals surface area contributed by atoms with Crippen molar-refractivity contribution in [2.45, 2.75) is 20.8 Å². The average molecular weight is 331 g/mol. The van der Waals surface area contributed by atoms with E-state index in [1.807, 2.05) is 25.1 Å². The van der Waals surface area contributed by atoms with Gasteiger partial charge in [-0.25, -0.2) is 0 Å². The molecule has 0 aromatic heterocycles. The van der Waals surface area contributed by atoms with Crippen LogP contribution in [0.3, 0.4) is 0 Å². The van der Waals surface area contributed by atoms with Gasteiger partial charge in [-0.2, -0.15) is 0 Å². The van der Waals surface area contributed by atoms with E-state index in [-0.39, 0.29) is 5.91 Å². The van der Waals surface area contributed by atoms with E-state index in [1.165, 1.54) is 0 Å². The highest BCUT2D eigenvalue weighted by atomic mass is 35.5. The molecule has 0 saturated heterocycles. The Bertz CT molecular complexity index is 741. The number of benzene rings is 2. The van der Waals surface area contributed by atoms with Crippen molar-refractivity contribution in [3.63, 3.8) is 0 Å². The van der Waals surface area contributed by atoms with Gasteiger partial charge in [-0.15, -0.1) is 0 Å². The average Bonchev–Trinajstić information content (AvgIpc) is 2.49. The second-order valence-electron chi connectivity index (χ2n) is 5.86. The number of anilines is 2. The van der Waals surface area contributed by atoms with Gasteiger partial charge in [0.15, 0.2) is 0 Å². The SMILES string of the molecule is Cc1ccccc1NC(=O)C(C)(C)C(=O)Nc1cccc(Cl)c1. The monoisotopic (exact) mass is 330 g/mol. The topological polar surface area (TPSA) is 58.2 Å². The van der Waals surface area contributed by atoms with Gasteiger partial charge in [-0.3, -0.25) is 9.59 Å². The van der Waals surface area contributed by atoms with E-state index in [9.17, 15) is 9.59 Å². The highest BCUT2D eigenvalue weighted by Crippen LogP contribution is 2.24. The Morgan fingerprint density at radius 1 is 0.957 bits per heavy atom. The van der Waals surface area contributed by atoms with Crippen LogP contribution in [0.25, 0.3) is 0 Å². The first-order chi connectivity index (χ1) is 10.8. The van der Waals surface area contributed by atoms with Gasteiger partial charge in [0, 0.05) is 16.4 Å². The van der Waals surface area contributed by atoms with E-state index in [0.29, 0.717) is 16.4 Å². The summed E-state index contributed by atoms with van der Waals surface area (Å²) >= 11 is 5.90. The minimum atomic E-state index is -1.23. The molecular weight excluding hydrogens is 312 g/mol. The van der Waals surface area contributed by atoms with Crippen LogP contribution in [0.15, 0.2) is 48.5 Å². The molecule has 0 atom stereocenters. The summed E-state index contributed by atoms with van der Waals surface area (Å²) in [7, 11) is 0. The van der Waals surface area contributed by atoms with Crippen LogP contribution in [0.5, 0.6) is 0 Å². The van der Waals surface area contributed by atoms with Crippen LogP contribution >= 0.6 is 11.6 Å². The number of para-hydroxylation sites is 1. The van der Waals surface area contributed by atoms with Gasteiger partial charge in [0.1, 0.15) is 5.41 Å². The van der Waals surface area contributed by atoms with Crippen molar-refractivity contribution in [1.82, 2.24) is 0 Å². The molecule has 0 unspecified atom stereocenters. The van der Waals surface area contributed by atoms with Gasteiger partial charge in [0.05, 0.1) is 0 Å². The number of hydrogen-bond donors (Lipinski definition) is 2. The predicted octanol–water partition coefficient (Wildman–Crippen LogP) is 4.25. The highest BCUT2D eigenvalue weighted by molar-refractivity contribution is 6.31. The van der Waals surface area contributed by atoms with Crippen molar-refractivity contribution < 1.29 is 9.59 Å². The van der Waals surface area contributed by atoms with Crippen molar-refractivity contribution in [1.29, 1.82) is 0 Å². The molecule has 0 spiro atoms. The summed E-state index contributed by atoms with van der Waals surface area (Å²) in [6, 6.07) is 14.2. The van der Waals surface area contributed by atoms with Gasteiger partial charge in [0.2, 0.25) is 11.8 Å². The van der Waals surface area contributed by atoms with Crippen LogP contribution in [-0.4, -0.2) is 11.8 Å². The van der Waals surface area contributed by atoms with E-state index in [4.69, 9.17) is 11.6 Å². The van der Waals surface area contributed by atoms with Gasteiger partial charge >= 0.3 is 0 Å². The standard InChI is InChI=1S/C18H19ClN2O2/c1-12-7-4-5-10-15(12)21-17(23)18(2,3)16(22)20-14-9-6-8-13(19)11-14/h4-11H,1-3H3,(H,20,22)(H,21,23). The summed E-state index contributed by atoms with van der Waals surface area (Å²) in [5.74, 6) is -0.767. The third-order valence-electron chi connectivity index (χ3n) is 3.61. The third kappa shape index (κ3) is 4.11. The van der Waals surface area contributed by atoms with Gasteiger partial charge in [-0.1, -0.05) is 35.9 Å². The first-order valence-electron chi connectivity index (χ1n) is 7.25. The molecule has 0 saturated carbocycles. The fourth-order valence-electron chi connectivity index (χ4n) is 1.95. The largest absolute Gasteiger partial charge is 0.325 e. The molecular formula is C18H19ClN2O2. The second-order valence-corrected chi connectivity index (χ2v) is 6.29. The Kier molecular flexibility index (Phi) is 5.06. The Balaban J connectivity index is 2.11. The molecule has 5 heteroatoms. The number of aryl methyl sites for hydroxylation is 1. The molecule has 0 aliphatic heterocycles. The highest BCUT2D eigenvalue weighted by Gasteiger charge is 2.36. The summed E-state index contributed by atoms with van der Waals surface area (Å²) in [5, 5.41) is 6.04. The Hall–Kier alpha value is -2.33. The van der Waals surface area contributed by atoms with Crippen LogP contribution in [0.2, 0.25) is 5.02 Å². The maximum atomic E-state index is 12.5. The lowest BCUT2D eigenvalue weighted by Gasteiger charge is -2.23. The zero-order valence-electron chi connectivity index (χ0n) is 13.3. The van der Waals surface area contributed by atoms with Crippen molar-refractivity contribution in [2.75, 3.05) is 10.6 Å². The lowest BCUT2D eigenvalue weighted by molar-refractivity contribution is -0.135. The predicted molar refractivity (Wildman–Crippen MR) is 93.7 cm³/mol. The minimum absolute atomic E-state index is 0.369. The molecule has 2 rings (SSSR count). The fraction of sp³-hybridized carbons (Fsp3) is 0.222. The van der Waals surface area contributed by atoms with Crippen LogP contribution in [0.4, 0.5) is 11.4 Å². The van der Waals surface area contributed by atoms with Crippen molar-refractivity contribution in [3.8, 4) is 0 Å². The molecule has 2 N–H and O–H groups in total. The quantitative estimate of drug-likeness (QED) is 0.823. The Morgan fingerprint density at radius 3 is 2.26 bits per heavy atom. The summed E-state index contributed by atoms with van der Waals surface area (Å²) in [6.07, 6.45) is 0. The number of rotatable bonds is 4. The second kappa shape index (κ2) is 6.84. The lowest BCUT2D eigenvalue weighted by Crippen LogP contribution is -2.41. The molecule has 0 aliphatic carbocycles. The summed E-state index contributed by atoms with van der Waals surface area (Å²) in [6.45, 7) is 5.07. The molecule has 2 aromatic carbocycles. The molecule has 0 radical (unpaired) electrons. The summed E-state index contributed by atoms with van der Waals surface area (Å²) < 4.78 is 0. The van der Waals surface area contributed by atoms with E-state index in [1.54, 1.807) is 44.2 Å². The smallest absolute Gasteiger partial charge is 0.239 e. The van der Waals surface area contributed by atoms with Crippen molar-refractivity contribution in [2.24, 2.45) is 5.41 Å². The molecule has 120 valence electrons. The maximum absolute atomic E-state index is 12.5. The number of amides is 2. The molecule has 0 aliphatic rings. The first-order valence-corrected chi connectivity index (χ1v) is 7.62. The van der Waals surface area contributed by atoms with Crippen LogP contribution < -0.4 is 10.6 Å². The van der Waals surface area contributed by atoms with E-state index >= 15 is 0 Å². The molecule has 0 heterocycles. The van der Waals surface area contributed by atoms with Gasteiger partial charge in [0.25, 0.3) is 0 Å². The zero-order chi connectivity index (χ0) is 17.0. The number of nitrogens with one attached hydrogen (secondary N) is 2. The van der Waals surface area contributed by atoms with Crippen LogP contribution in [0, 0.1) is 12.3 Å². The van der Waals surface area contributed by atoms with E-state index in [0.717, 1.165) is 5.56 Å². The lowest BCUT2D eigenvalue weighted by atomic mass is 9.90. The molecule has 0 fully saturated rings. The van der Waals surface area contributed by atoms with Gasteiger partial charge < -0.3 is 10.6 Å². The van der Waals surface area contributed by atoms with Gasteiger partial charge in [-0.05, 0) is 50.6 Å². The number of hydrogen-bond acceptors (Lipinski definition) is 2. The molecule has 2 amide bonds. The number of halogens is 1. The normalized spacial score (nSPS) is 11.0. The van der Waals surface area contributed by atoms with Crippen LogP contribution in [0.1, 0.15) is 19.4 Å². The third-order valence-corrected chi connectivity index (χ3v) is 3.85. The zero-order valence-corrected chi connectivity index (χ0v) is 14.1. The minimum Gasteiger partial charge on any atom is -0.325 e.